The highest BCUT2D eigenvalue weighted by Gasteiger charge is 2.03. The molecular formula is C10H14Cl2N2. The van der Waals surface area contributed by atoms with Crippen molar-refractivity contribution < 1.29 is 0 Å². The molecule has 0 radical (unpaired) electrons. The molecule has 2 heterocycles. The molecule has 4 heteroatoms. The number of hydrogen-bond donors (Lipinski definition) is 1. The van der Waals surface area contributed by atoms with Gasteiger partial charge in [0.25, 0.3) is 0 Å². The second-order valence-electron chi connectivity index (χ2n) is 2.94. The Hall–Kier alpha value is -0.570. The highest BCUT2D eigenvalue weighted by molar-refractivity contribution is 5.85. The van der Waals surface area contributed by atoms with Crippen molar-refractivity contribution in [1.82, 2.24) is 10.3 Å². The third-order valence-electron chi connectivity index (χ3n) is 2.06. The van der Waals surface area contributed by atoms with E-state index in [1.807, 2.05) is 12.3 Å². The summed E-state index contributed by atoms with van der Waals surface area (Å²) in [5, 5.41) is 3.34. The van der Waals surface area contributed by atoms with Gasteiger partial charge in [0.05, 0.1) is 0 Å². The summed E-state index contributed by atoms with van der Waals surface area (Å²) in [4.78, 5) is 4.09. The lowest BCUT2D eigenvalue weighted by Crippen LogP contribution is -2.21. The van der Waals surface area contributed by atoms with E-state index >= 15 is 0 Å². The van der Waals surface area contributed by atoms with E-state index in [0.717, 1.165) is 19.5 Å². The second-order valence-corrected chi connectivity index (χ2v) is 2.94. The van der Waals surface area contributed by atoms with E-state index in [4.69, 9.17) is 0 Å². The maximum Gasteiger partial charge on any atom is 0.0343 e. The lowest BCUT2D eigenvalue weighted by molar-refractivity contribution is 0.739. The van der Waals surface area contributed by atoms with Gasteiger partial charge in [-0.1, -0.05) is 12.1 Å². The van der Waals surface area contributed by atoms with Gasteiger partial charge in [-0.15, -0.1) is 24.8 Å². The van der Waals surface area contributed by atoms with Crippen LogP contribution >= 0.6 is 24.8 Å². The van der Waals surface area contributed by atoms with Crippen molar-refractivity contribution in [2.45, 2.75) is 6.42 Å². The number of pyridine rings is 1. The zero-order chi connectivity index (χ0) is 8.23. The molecule has 78 valence electrons. The van der Waals surface area contributed by atoms with Gasteiger partial charge in [-0.2, -0.15) is 0 Å². The van der Waals surface area contributed by atoms with Gasteiger partial charge in [-0.25, -0.2) is 0 Å². The molecule has 0 aromatic carbocycles. The molecule has 2 nitrogen and oxygen atoms in total. The molecule has 2 rings (SSSR count). The van der Waals surface area contributed by atoms with Crippen molar-refractivity contribution in [3.63, 3.8) is 0 Å². The molecule has 0 fully saturated rings. The summed E-state index contributed by atoms with van der Waals surface area (Å²) >= 11 is 0. The number of hydrogen-bond acceptors (Lipinski definition) is 2. The molecule has 0 atom stereocenters. The van der Waals surface area contributed by atoms with Gasteiger partial charge >= 0.3 is 0 Å². The van der Waals surface area contributed by atoms with Crippen molar-refractivity contribution in [1.29, 1.82) is 0 Å². The van der Waals surface area contributed by atoms with E-state index in [0.29, 0.717) is 0 Å². The van der Waals surface area contributed by atoms with E-state index in [1.165, 1.54) is 11.1 Å². The SMILES string of the molecule is C1=C(c2cccnc2)CNCC1.Cl.Cl. The Balaban J connectivity index is 0.000000845. The normalized spacial score (nSPS) is 14.7. The lowest BCUT2D eigenvalue weighted by atomic mass is 10.0. The first-order chi connectivity index (χ1) is 5.97. The summed E-state index contributed by atoms with van der Waals surface area (Å²) in [6.45, 7) is 2.08. The van der Waals surface area contributed by atoms with Crippen molar-refractivity contribution in [3.8, 4) is 0 Å². The summed E-state index contributed by atoms with van der Waals surface area (Å²) in [6.07, 6.45) is 7.14. The molecular weight excluding hydrogens is 219 g/mol. The predicted octanol–water partition coefficient (Wildman–Crippen LogP) is 2.30. The maximum atomic E-state index is 4.09. The first-order valence-corrected chi connectivity index (χ1v) is 4.27. The lowest BCUT2D eigenvalue weighted by Gasteiger charge is -2.13. The van der Waals surface area contributed by atoms with Crippen LogP contribution in [-0.2, 0) is 0 Å². The van der Waals surface area contributed by atoms with E-state index in [9.17, 15) is 0 Å². The van der Waals surface area contributed by atoms with Crippen LogP contribution < -0.4 is 5.32 Å². The maximum absolute atomic E-state index is 4.09. The zero-order valence-corrected chi connectivity index (χ0v) is 9.40. The number of rotatable bonds is 1. The summed E-state index contributed by atoms with van der Waals surface area (Å²) in [5.41, 5.74) is 2.61. The Labute approximate surface area is 96.6 Å². The van der Waals surface area contributed by atoms with Gasteiger partial charge < -0.3 is 5.32 Å². The van der Waals surface area contributed by atoms with Crippen LogP contribution in [-0.4, -0.2) is 18.1 Å². The Kier molecular flexibility index (Phi) is 6.54. The molecule has 1 aromatic rings. The average Bonchev–Trinajstić information content (AvgIpc) is 2.21. The molecule has 0 saturated carbocycles. The van der Waals surface area contributed by atoms with Crippen LogP contribution in [0.2, 0.25) is 0 Å². The van der Waals surface area contributed by atoms with Crippen molar-refractivity contribution in [2.75, 3.05) is 13.1 Å². The smallest absolute Gasteiger partial charge is 0.0343 e. The van der Waals surface area contributed by atoms with Crippen LogP contribution in [0.25, 0.3) is 5.57 Å². The second kappa shape index (κ2) is 6.82. The van der Waals surface area contributed by atoms with Gasteiger partial charge in [-0.05, 0) is 30.2 Å². The topological polar surface area (TPSA) is 24.9 Å². The summed E-state index contributed by atoms with van der Waals surface area (Å²) in [6, 6.07) is 4.08. The Morgan fingerprint density at radius 2 is 2.14 bits per heavy atom. The fourth-order valence-corrected chi connectivity index (χ4v) is 1.42. The van der Waals surface area contributed by atoms with Crippen molar-refractivity contribution in [2.24, 2.45) is 0 Å². The molecule has 1 N–H and O–H groups in total. The van der Waals surface area contributed by atoms with Gasteiger partial charge in [0.15, 0.2) is 0 Å². The minimum Gasteiger partial charge on any atom is -0.312 e. The largest absolute Gasteiger partial charge is 0.312 e. The monoisotopic (exact) mass is 232 g/mol. The van der Waals surface area contributed by atoms with Crippen LogP contribution in [0.3, 0.4) is 0 Å². The highest BCUT2D eigenvalue weighted by Crippen LogP contribution is 2.14. The molecule has 1 aromatic heterocycles. The third-order valence-corrected chi connectivity index (χ3v) is 2.06. The summed E-state index contributed by atoms with van der Waals surface area (Å²) < 4.78 is 0. The van der Waals surface area contributed by atoms with Gasteiger partial charge in [-0.3, -0.25) is 4.98 Å². The van der Waals surface area contributed by atoms with E-state index in [2.05, 4.69) is 22.4 Å². The number of nitrogens with zero attached hydrogens (tertiary/aromatic N) is 1. The fourth-order valence-electron chi connectivity index (χ4n) is 1.42. The molecule has 0 bridgehead atoms. The van der Waals surface area contributed by atoms with Crippen LogP contribution in [0.15, 0.2) is 30.6 Å². The van der Waals surface area contributed by atoms with Crippen LogP contribution in [0, 0.1) is 0 Å². The van der Waals surface area contributed by atoms with Gasteiger partial charge in [0, 0.05) is 18.9 Å². The molecule has 1 aliphatic rings. The molecule has 0 saturated heterocycles. The van der Waals surface area contributed by atoms with Crippen molar-refractivity contribution in [3.05, 3.63) is 36.2 Å². The standard InChI is InChI=1S/C10H12N2.2ClH/c1-3-9(7-11-5-1)10-4-2-6-12-8-10;;/h1,3-5,7,12H,2,6,8H2;2*1H. The Morgan fingerprint density at radius 1 is 1.29 bits per heavy atom. The summed E-state index contributed by atoms with van der Waals surface area (Å²) in [7, 11) is 0. The first kappa shape index (κ1) is 13.4. The molecule has 0 amide bonds. The third kappa shape index (κ3) is 3.29. The minimum atomic E-state index is 0. The first-order valence-electron chi connectivity index (χ1n) is 4.27. The molecule has 0 unspecified atom stereocenters. The Morgan fingerprint density at radius 3 is 2.71 bits per heavy atom. The van der Waals surface area contributed by atoms with E-state index in [-0.39, 0.29) is 24.8 Å². The highest BCUT2D eigenvalue weighted by atomic mass is 35.5. The quantitative estimate of drug-likeness (QED) is 0.805. The number of nitrogens with one attached hydrogen (secondary N) is 1. The van der Waals surface area contributed by atoms with Gasteiger partial charge in [0.1, 0.15) is 0 Å². The van der Waals surface area contributed by atoms with Gasteiger partial charge in [0.2, 0.25) is 0 Å². The van der Waals surface area contributed by atoms with E-state index < -0.39 is 0 Å². The van der Waals surface area contributed by atoms with Crippen LogP contribution in [0.1, 0.15) is 12.0 Å². The predicted molar refractivity (Wildman–Crippen MR) is 64.2 cm³/mol. The fraction of sp³-hybridized carbons (Fsp3) is 0.300. The molecule has 14 heavy (non-hydrogen) atoms. The molecule has 0 spiro atoms. The zero-order valence-electron chi connectivity index (χ0n) is 7.77. The number of aromatic nitrogens is 1. The van der Waals surface area contributed by atoms with Crippen molar-refractivity contribution >= 4 is 30.4 Å². The summed E-state index contributed by atoms with van der Waals surface area (Å²) in [5.74, 6) is 0. The van der Waals surface area contributed by atoms with Crippen LogP contribution in [0.5, 0.6) is 0 Å². The minimum absolute atomic E-state index is 0. The molecule has 1 aliphatic heterocycles. The van der Waals surface area contributed by atoms with Crippen LogP contribution in [0.4, 0.5) is 0 Å². The average molecular weight is 233 g/mol. The van der Waals surface area contributed by atoms with E-state index in [1.54, 1.807) is 6.20 Å². The Bertz CT molecular complexity index is 285. The molecule has 0 aliphatic carbocycles. The number of halogens is 2.